The first-order chi connectivity index (χ1) is 12.1. The number of nitrogens with one attached hydrogen (secondary N) is 1. The minimum Gasteiger partial charge on any atom is -0.330 e. The Morgan fingerprint density at radius 2 is 2.00 bits per heavy atom. The predicted octanol–water partition coefficient (Wildman–Crippen LogP) is 1.44. The van der Waals surface area contributed by atoms with Crippen LogP contribution in [0, 0.1) is 0 Å². The van der Waals surface area contributed by atoms with Crippen LogP contribution >= 0.6 is 11.8 Å². The number of thioether (sulfide) groups is 1. The van der Waals surface area contributed by atoms with E-state index in [1.807, 2.05) is 0 Å². The fourth-order valence-electron chi connectivity index (χ4n) is 2.91. The molecule has 142 valence electrons. The molecule has 1 atom stereocenters. The molecule has 0 aromatic heterocycles. The Labute approximate surface area is 152 Å². The number of carbonyl (C=O) groups excluding carboxylic acids is 2. The second-order valence-electron chi connectivity index (χ2n) is 6.04. The van der Waals surface area contributed by atoms with Crippen LogP contribution in [0.3, 0.4) is 0 Å². The van der Waals surface area contributed by atoms with Gasteiger partial charge in [0.1, 0.15) is 0 Å². The summed E-state index contributed by atoms with van der Waals surface area (Å²) in [5, 5.41) is -0.256. The van der Waals surface area contributed by atoms with Crippen LogP contribution in [0.5, 0.6) is 0 Å². The number of hydrogen-bond donors (Lipinski definition) is 1. The molecule has 11 heteroatoms. The molecule has 1 N–H and O–H groups in total. The highest BCUT2D eigenvalue weighted by atomic mass is 32.2. The molecule has 6 nitrogen and oxygen atoms in total. The summed E-state index contributed by atoms with van der Waals surface area (Å²) in [6.45, 7) is -0.390. The van der Waals surface area contributed by atoms with Gasteiger partial charge >= 0.3 is 12.1 Å². The number of rotatable bonds is 3. The summed E-state index contributed by atoms with van der Waals surface area (Å²) in [6.07, 6.45) is -4.37. The molecule has 26 heavy (non-hydrogen) atoms. The maximum atomic E-state index is 12.6. The van der Waals surface area contributed by atoms with Crippen LogP contribution in [0.25, 0.3) is 0 Å². The van der Waals surface area contributed by atoms with Crippen molar-refractivity contribution in [1.29, 1.82) is 0 Å². The molecule has 2 aliphatic rings. The van der Waals surface area contributed by atoms with E-state index in [4.69, 9.17) is 0 Å². The summed E-state index contributed by atoms with van der Waals surface area (Å²) in [5.74, 6) is -1.41. The summed E-state index contributed by atoms with van der Waals surface area (Å²) >= 11 is 1.05. The number of benzene rings is 1. The lowest BCUT2D eigenvalue weighted by Gasteiger charge is -2.29. The van der Waals surface area contributed by atoms with Crippen LogP contribution in [0.2, 0.25) is 0 Å². The summed E-state index contributed by atoms with van der Waals surface area (Å²) in [6, 6.07) is 3.35. The average Bonchev–Trinajstić information content (AvgIpc) is 2.96. The summed E-state index contributed by atoms with van der Waals surface area (Å²) in [5.41, 5.74) is 1.05. The number of halogens is 3. The summed E-state index contributed by atoms with van der Waals surface area (Å²) in [4.78, 5) is 23.5. The van der Waals surface area contributed by atoms with E-state index in [2.05, 4.69) is 4.72 Å². The standard InChI is InChI=1S/C15H15F3N2O4S2/c16-15(17,18)14(22)20-5-3-9-1-2-11(7-10(9)8-20)26(23,24)19-12-4-6-25-13(12)21/h1-2,7,12,19H,3-6,8H2. The number of hydrogen-bond acceptors (Lipinski definition) is 5. The average molecular weight is 408 g/mol. The van der Waals surface area contributed by atoms with E-state index in [1.165, 1.54) is 18.2 Å². The summed E-state index contributed by atoms with van der Waals surface area (Å²) < 4.78 is 65.1. The molecule has 1 amide bonds. The predicted molar refractivity (Wildman–Crippen MR) is 87.8 cm³/mol. The Morgan fingerprint density at radius 1 is 1.27 bits per heavy atom. The van der Waals surface area contributed by atoms with Crippen molar-refractivity contribution in [2.75, 3.05) is 12.3 Å². The molecular formula is C15H15F3N2O4S2. The molecule has 2 heterocycles. The van der Waals surface area contributed by atoms with Gasteiger partial charge in [-0.2, -0.15) is 17.9 Å². The van der Waals surface area contributed by atoms with Gasteiger partial charge in [0.15, 0.2) is 0 Å². The van der Waals surface area contributed by atoms with Crippen LogP contribution in [0.15, 0.2) is 23.1 Å². The Balaban J connectivity index is 1.82. The number of amides is 1. The number of sulfonamides is 1. The lowest BCUT2D eigenvalue weighted by molar-refractivity contribution is -0.186. The molecule has 0 aliphatic carbocycles. The zero-order chi connectivity index (χ0) is 19.1. The highest BCUT2D eigenvalue weighted by Gasteiger charge is 2.43. The third-order valence-electron chi connectivity index (χ3n) is 4.26. The normalized spacial score (nSPS) is 21.0. The number of alkyl halides is 3. The van der Waals surface area contributed by atoms with Gasteiger partial charge in [0.25, 0.3) is 0 Å². The minimum atomic E-state index is -4.97. The highest BCUT2D eigenvalue weighted by molar-refractivity contribution is 8.14. The molecule has 0 bridgehead atoms. The van der Waals surface area contributed by atoms with E-state index >= 15 is 0 Å². The maximum absolute atomic E-state index is 12.6. The molecule has 0 radical (unpaired) electrons. The SMILES string of the molecule is O=C1SCCC1NS(=O)(=O)c1ccc2c(c1)CN(C(=O)C(F)(F)F)CC2. The van der Waals surface area contributed by atoms with Crippen molar-refractivity contribution in [3.05, 3.63) is 29.3 Å². The van der Waals surface area contributed by atoms with Crippen molar-refractivity contribution >= 4 is 32.8 Å². The molecule has 1 saturated heterocycles. The Morgan fingerprint density at radius 3 is 2.62 bits per heavy atom. The van der Waals surface area contributed by atoms with E-state index in [1.54, 1.807) is 0 Å². The van der Waals surface area contributed by atoms with E-state index < -0.39 is 28.1 Å². The third-order valence-corrected chi connectivity index (χ3v) is 6.74. The second kappa shape index (κ2) is 6.86. The van der Waals surface area contributed by atoms with Crippen LogP contribution in [-0.2, 0) is 32.6 Å². The Kier molecular flexibility index (Phi) is 5.06. The van der Waals surface area contributed by atoms with Crippen LogP contribution < -0.4 is 4.72 Å². The Hall–Kier alpha value is -1.59. The molecule has 2 aliphatic heterocycles. The number of nitrogens with zero attached hydrogens (tertiary/aromatic N) is 1. The first-order valence-corrected chi connectivity index (χ1v) is 10.2. The fourth-order valence-corrected chi connectivity index (χ4v) is 5.20. The van der Waals surface area contributed by atoms with E-state index in [0.717, 1.165) is 11.8 Å². The van der Waals surface area contributed by atoms with Crippen LogP contribution in [0.4, 0.5) is 13.2 Å². The van der Waals surface area contributed by atoms with Gasteiger partial charge in [0, 0.05) is 18.8 Å². The molecule has 3 rings (SSSR count). The topological polar surface area (TPSA) is 83.6 Å². The van der Waals surface area contributed by atoms with Crippen molar-refractivity contribution in [3.8, 4) is 0 Å². The molecule has 1 aromatic rings. The van der Waals surface area contributed by atoms with E-state index in [-0.39, 0.29) is 29.5 Å². The van der Waals surface area contributed by atoms with Gasteiger partial charge in [-0.1, -0.05) is 17.8 Å². The zero-order valence-corrected chi connectivity index (χ0v) is 15.0. The van der Waals surface area contributed by atoms with E-state index in [9.17, 15) is 31.2 Å². The van der Waals surface area contributed by atoms with Gasteiger partial charge in [-0.25, -0.2) is 8.42 Å². The molecule has 1 unspecified atom stereocenters. The second-order valence-corrected chi connectivity index (χ2v) is 8.85. The fraction of sp³-hybridized carbons (Fsp3) is 0.467. The first-order valence-electron chi connectivity index (χ1n) is 7.75. The largest absolute Gasteiger partial charge is 0.471 e. The number of fused-ring (bicyclic) bond motifs is 1. The van der Waals surface area contributed by atoms with E-state index in [0.29, 0.717) is 28.2 Å². The molecule has 0 spiro atoms. The van der Waals surface area contributed by atoms with Crippen molar-refractivity contribution in [2.24, 2.45) is 0 Å². The lowest BCUT2D eigenvalue weighted by atomic mass is 10.00. The molecule has 0 saturated carbocycles. The third kappa shape index (κ3) is 3.89. The minimum absolute atomic E-state index is 0.0799. The van der Waals surface area contributed by atoms with Crippen LogP contribution in [0.1, 0.15) is 17.5 Å². The highest BCUT2D eigenvalue weighted by Crippen LogP contribution is 2.27. The van der Waals surface area contributed by atoms with Gasteiger partial charge in [-0.05, 0) is 36.1 Å². The smallest absolute Gasteiger partial charge is 0.330 e. The van der Waals surface area contributed by atoms with Gasteiger partial charge < -0.3 is 4.90 Å². The van der Waals surface area contributed by atoms with Crippen LogP contribution in [-0.4, -0.2) is 48.9 Å². The monoisotopic (exact) mass is 408 g/mol. The van der Waals surface area contributed by atoms with Crippen molar-refractivity contribution in [3.63, 3.8) is 0 Å². The zero-order valence-electron chi connectivity index (χ0n) is 13.4. The van der Waals surface area contributed by atoms with Crippen molar-refractivity contribution < 1.29 is 31.2 Å². The van der Waals surface area contributed by atoms with Gasteiger partial charge in [0.05, 0.1) is 10.9 Å². The van der Waals surface area contributed by atoms with Gasteiger partial charge in [0.2, 0.25) is 15.1 Å². The van der Waals surface area contributed by atoms with Gasteiger partial charge in [-0.3, -0.25) is 9.59 Å². The Bertz CT molecular complexity index is 855. The molecule has 1 aromatic carbocycles. The maximum Gasteiger partial charge on any atom is 0.471 e. The summed E-state index contributed by atoms with van der Waals surface area (Å²) in [7, 11) is -3.99. The first kappa shape index (κ1) is 19.2. The molecule has 1 fully saturated rings. The van der Waals surface area contributed by atoms with Gasteiger partial charge in [-0.15, -0.1) is 0 Å². The quantitative estimate of drug-likeness (QED) is 0.819. The lowest BCUT2D eigenvalue weighted by Crippen LogP contribution is -2.43. The molecular weight excluding hydrogens is 393 g/mol. The van der Waals surface area contributed by atoms with Crippen molar-refractivity contribution in [2.45, 2.75) is 36.5 Å². The number of carbonyl (C=O) groups is 2. The van der Waals surface area contributed by atoms with Crippen molar-refractivity contribution in [1.82, 2.24) is 9.62 Å².